The van der Waals surface area contributed by atoms with Gasteiger partial charge in [-0.05, 0) is 55.7 Å². The fourth-order valence-electron chi connectivity index (χ4n) is 3.83. The lowest BCUT2D eigenvalue weighted by Crippen LogP contribution is -2.38. The van der Waals surface area contributed by atoms with Crippen molar-refractivity contribution in [3.8, 4) is 5.75 Å². The van der Waals surface area contributed by atoms with E-state index in [-0.39, 0.29) is 0 Å². The Kier molecular flexibility index (Phi) is 7.78. The van der Waals surface area contributed by atoms with Gasteiger partial charge in [0, 0.05) is 44.8 Å². The molecule has 0 bridgehead atoms. The van der Waals surface area contributed by atoms with Crippen LogP contribution in [-0.4, -0.2) is 51.1 Å². The molecule has 1 aliphatic heterocycles. The second-order valence-corrected chi connectivity index (χ2v) is 7.42. The van der Waals surface area contributed by atoms with Crippen LogP contribution in [0.1, 0.15) is 42.4 Å². The van der Waals surface area contributed by atoms with Crippen molar-refractivity contribution >= 4 is 5.96 Å². The Morgan fingerprint density at radius 2 is 2.19 bits per heavy atom. The number of hydrogen-bond acceptors (Lipinski definition) is 4. The fraction of sp³-hybridized carbons (Fsp3) is 0.667. The second kappa shape index (κ2) is 10.5. The molecule has 1 aliphatic carbocycles. The third-order valence-electron chi connectivity index (χ3n) is 5.42. The van der Waals surface area contributed by atoms with Gasteiger partial charge in [0.15, 0.2) is 5.96 Å². The van der Waals surface area contributed by atoms with E-state index in [0.717, 1.165) is 70.2 Å². The molecule has 1 aromatic rings. The van der Waals surface area contributed by atoms with Crippen LogP contribution in [0.4, 0.5) is 0 Å². The highest BCUT2D eigenvalue weighted by Crippen LogP contribution is 2.30. The van der Waals surface area contributed by atoms with E-state index in [1.54, 1.807) is 7.05 Å². The van der Waals surface area contributed by atoms with Crippen LogP contribution >= 0.6 is 0 Å². The lowest BCUT2D eigenvalue weighted by molar-refractivity contribution is 0.0888. The highest BCUT2D eigenvalue weighted by Gasteiger charge is 2.17. The van der Waals surface area contributed by atoms with Crippen molar-refractivity contribution in [3.63, 3.8) is 0 Å². The number of guanidine groups is 1. The van der Waals surface area contributed by atoms with Gasteiger partial charge in [-0.25, -0.2) is 0 Å². The Hall–Kier alpha value is -1.79. The first kappa shape index (κ1) is 20.0. The molecule has 1 heterocycles. The monoisotopic (exact) mass is 375 g/mol. The maximum Gasteiger partial charge on any atom is 0.191 e. The van der Waals surface area contributed by atoms with E-state index in [4.69, 9.17) is 9.47 Å². The SMILES string of the molecule is CN=C(NCCCOCC1CCOC1)NCc1c(O)ccc2c1CCCC2. The van der Waals surface area contributed by atoms with E-state index in [9.17, 15) is 5.11 Å². The summed E-state index contributed by atoms with van der Waals surface area (Å²) in [6.45, 7) is 4.65. The number of aliphatic imine (C=N–C) groups is 1. The standard InChI is InChI=1S/C21H33N3O3/c1-22-21(23-10-4-11-26-14-16-9-12-27-15-16)24-13-19-18-6-3-2-5-17(18)7-8-20(19)25/h7-8,16,25H,2-6,9-15H2,1H3,(H2,22,23,24). The molecule has 1 aromatic carbocycles. The third-order valence-corrected chi connectivity index (χ3v) is 5.42. The lowest BCUT2D eigenvalue weighted by Gasteiger charge is -2.21. The summed E-state index contributed by atoms with van der Waals surface area (Å²) in [4.78, 5) is 4.28. The summed E-state index contributed by atoms with van der Waals surface area (Å²) in [5.74, 6) is 1.70. The van der Waals surface area contributed by atoms with Crippen LogP contribution in [0.25, 0.3) is 0 Å². The minimum atomic E-state index is 0.378. The number of aromatic hydroxyl groups is 1. The summed E-state index contributed by atoms with van der Waals surface area (Å²) >= 11 is 0. The Morgan fingerprint density at radius 1 is 1.30 bits per heavy atom. The van der Waals surface area contributed by atoms with E-state index in [1.165, 1.54) is 24.0 Å². The highest BCUT2D eigenvalue weighted by atomic mass is 16.5. The first-order chi connectivity index (χ1) is 13.3. The van der Waals surface area contributed by atoms with Crippen molar-refractivity contribution in [3.05, 3.63) is 28.8 Å². The van der Waals surface area contributed by atoms with Gasteiger partial charge in [0.1, 0.15) is 5.75 Å². The molecule has 1 saturated heterocycles. The molecule has 6 heteroatoms. The summed E-state index contributed by atoms with van der Waals surface area (Å²) in [5, 5.41) is 16.9. The van der Waals surface area contributed by atoms with E-state index in [0.29, 0.717) is 18.2 Å². The van der Waals surface area contributed by atoms with Crippen LogP contribution in [0.3, 0.4) is 0 Å². The summed E-state index contributed by atoms with van der Waals surface area (Å²) in [7, 11) is 1.77. The molecule has 1 fully saturated rings. The van der Waals surface area contributed by atoms with Crippen molar-refractivity contribution in [2.24, 2.45) is 10.9 Å². The molecule has 3 rings (SSSR count). The third kappa shape index (κ3) is 5.84. The Balaban J connectivity index is 1.38. The molecule has 1 atom stereocenters. The second-order valence-electron chi connectivity index (χ2n) is 7.42. The number of benzene rings is 1. The van der Waals surface area contributed by atoms with Crippen LogP contribution in [-0.2, 0) is 28.9 Å². The Morgan fingerprint density at radius 3 is 3.00 bits per heavy atom. The van der Waals surface area contributed by atoms with Crippen LogP contribution in [0, 0.1) is 5.92 Å². The number of aryl methyl sites for hydroxylation is 1. The zero-order valence-electron chi connectivity index (χ0n) is 16.4. The van der Waals surface area contributed by atoms with Crippen molar-refractivity contribution in [1.82, 2.24) is 10.6 Å². The number of rotatable bonds is 8. The van der Waals surface area contributed by atoms with Gasteiger partial charge in [0.05, 0.1) is 13.2 Å². The summed E-state index contributed by atoms with van der Waals surface area (Å²) in [6, 6.07) is 3.89. The van der Waals surface area contributed by atoms with Gasteiger partial charge in [-0.15, -0.1) is 0 Å². The smallest absolute Gasteiger partial charge is 0.191 e. The molecule has 0 spiro atoms. The molecule has 3 N–H and O–H groups in total. The van der Waals surface area contributed by atoms with E-state index in [1.807, 2.05) is 6.07 Å². The number of phenolic OH excluding ortho intramolecular Hbond substituents is 1. The number of nitrogens with zero attached hydrogens (tertiary/aromatic N) is 1. The van der Waals surface area contributed by atoms with Crippen molar-refractivity contribution in [2.45, 2.75) is 45.1 Å². The molecular weight excluding hydrogens is 342 g/mol. The largest absolute Gasteiger partial charge is 0.508 e. The molecule has 1 unspecified atom stereocenters. The van der Waals surface area contributed by atoms with Crippen LogP contribution in [0.5, 0.6) is 5.75 Å². The van der Waals surface area contributed by atoms with Crippen molar-refractivity contribution in [1.29, 1.82) is 0 Å². The maximum absolute atomic E-state index is 10.3. The topological polar surface area (TPSA) is 75.1 Å². The summed E-state index contributed by atoms with van der Waals surface area (Å²) < 4.78 is 11.1. The zero-order chi connectivity index (χ0) is 18.9. The van der Waals surface area contributed by atoms with E-state index < -0.39 is 0 Å². The zero-order valence-corrected chi connectivity index (χ0v) is 16.4. The van der Waals surface area contributed by atoms with Gasteiger partial charge >= 0.3 is 0 Å². The van der Waals surface area contributed by atoms with Gasteiger partial charge in [0.25, 0.3) is 0 Å². The Bertz CT molecular complexity index is 627. The average molecular weight is 376 g/mol. The number of hydrogen-bond donors (Lipinski definition) is 3. The van der Waals surface area contributed by atoms with Gasteiger partial charge in [-0.3, -0.25) is 4.99 Å². The van der Waals surface area contributed by atoms with Gasteiger partial charge < -0.3 is 25.2 Å². The highest BCUT2D eigenvalue weighted by molar-refractivity contribution is 5.79. The number of ether oxygens (including phenoxy) is 2. The predicted octanol–water partition coefficient (Wildman–Crippen LogP) is 2.38. The number of phenols is 1. The van der Waals surface area contributed by atoms with E-state index in [2.05, 4.69) is 21.7 Å². The number of fused-ring (bicyclic) bond motifs is 1. The first-order valence-electron chi connectivity index (χ1n) is 10.2. The van der Waals surface area contributed by atoms with Crippen LogP contribution in [0.15, 0.2) is 17.1 Å². The molecular formula is C21H33N3O3. The lowest BCUT2D eigenvalue weighted by atomic mass is 9.88. The van der Waals surface area contributed by atoms with Crippen LogP contribution in [0.2, 0.25) is 0 Å². The molecule has 6 nitrogen and oxygen atoms in total. The predicted molar refractivity (Wildman–Crippen MR) is 107 cm³/mol. The first-order valence-corrected chi connectivity index (χ1v) is 10.2. The van der Waals surface area contributed by atoms with Gasteiger partial charge in [-0.1, -0.05) is 6.07 Å². The van der Waals surface area contributed by atoms with Gasteiger partial charge in [0.2, 0.25) is 0 Å². The Labute approximate surface area is 162 Å². The quantitative estimate of drug-likeness (QED) is 0.370. The minimum Gasteiger partial charge on any atom is -0.508 e. The maximum atomic E-state index is 10.3. The molecule has 27 heavy (non-hydrogen) atoms. The normalized spacial score (nSPS) is 19.7. The fourth-order valence-corrected chi connectivity index (χ4v) is 3.83. The summed E-state index contributed by atoms with van der Waals surface area (Å²) in [5.41, 5.74) is 3.70. The molecule has 2 aliphatic rings. The van der Waals surface area contributed by atoms with Crippen molar-refractivity contribution < 1.29 is 14.6 Å². The van der Waals surface area contributed by atoms with Crippen molar-refractivity contribution in [2.75, 3.05) is 40.0 Å². The molecule has 0 aromatic heterocycles. The molecule has 150 valence electrons. The average Bonchev–Trinajstić information content (AvgIpc) is 3.21. The number of nitrogens with one attached hydrogen (secondary N) is 2. The summed E-state index contributed by atoms with van der Waals surface area (Å²) in [6.07, 6.45) is 6.65. The molecule has 0 amide bonds. The molecule has 0 saturated carbocycles. The molecule has 0 radical (unpaired) electrons. The van der Waals surface area contributed by atoms with Gasteiger partial charge in [-0.2, -0.15) is 0 Å². The van der Waals surface area contributed by atoms with E-state index >= 15 is 0 Å². The van der Waals surface area contributed by atoms with Crippen LogP contribution < -0.4 is 10.6 Å². The minimum absolute atomic E-state index is 0.378.